The van der Waals surface area contributed by atoms with Gasteiger partial charge in [-0.05, 0) is 12.1 Å². The Morgan fingerprint density at radius 1 is 1.09 bits per heavy atom. The summed E-state index contributed by atoms with van der Waals surface area (Å²) in [5, 5.41) is 4.83. The Kier molecular flexibility index (Phi) is 4.28. The first-order valence-electron chi connectivity index (χ1n) is 2.68. The molecule has 0 aliphatic heterocycles. The maximum atomic E-state index is 10.6. The molecule has 0 heterocycles. The van der Waals surface area contributed by atoms with Gasteiger partial charge in [-0.25, -0.2) is 13.6 Å². The topological polar surface area (TPSA) is 60.2 Å². The van der Waals surface area contributed by atoms with Crippen molar-refractivity contribution >= 4 is 39.6 Å². The zero-order valence-electron chi connectivity index (χ0n) is 5.19. The quantitative estimate of drug-likeness (QED) is 0.604. The van der Waals surface area contributed by atoms with Crippen molar-refractivity contribution in [3.8, 4) is 0 Å². The average Bonchev–Trinajstić information content (AvgIpc) is 1.88. The summed E-state index contributed by atoms with van der Waals surface area (Å²) in [6.45, 7) is 0. The van der Waals surface area contributed by atoms with Gasteiger partial charge in [0.25, 0.3) is 0 Å². The molecular weight excluding hydrogens is 173 g/mol. The summed E-state index contributed by atoms with van der Waals surface area (Å²) >= 11 is 0. The SMILES string of the molecule is NS(=O)(=O)c1ccccc1.[NaH]. The summed E-state index contributed by atoms with van der Waals surface area (Å²) in [7, 11) is -3.50. The van der Waals surface area contributed by atoms with Crippen molar-refractivity contribution in [1.82, 2.24) is 0 Å². The van der Waals surface area contributed by atoms with Crippen molar-refractivity contribution in [2.75, 3.05) is 0 Å². The second-order valence-corrected chi connectivity index (χ2v) is 3.42. The molecule has 1 rings (SSSR count). The fourth-order valence-electron chi connectivity index (χ4n) is 0.610. The van der Waals surface area contributed by atoms with Crippen LogP contribution in [0.1, 0.15) is 0 Å². The van der Waals surface area contributed by atoms with E-state index in [4.69, 9.17) is 5.14 Å². The van der Waals surface area contributed by atoms with E-state index in [2.05, 4.69) is 0 Å². The Morgan fingerprint density at radius 3 is 1.82 bits per heavy atom. The molecule has 1 aromatic rings. The number of benzene rings is 1. The number of primary sulfonamides is 1. The van der Waals surface area contributed by atoms with Gasteiger partial charge >= 0.3 is 29.6 Å². The molecule has 0 spiro atoms. The third kappa shape index (κ3) is 3.35. The number of rotatable bonds is 1. The van der Waals surface area contributed by atoms with Crippen LogP contribution in [0.15, 0.2) is 35.2 Å². The van der Waals surface area contributed by atoms with Gasteiger partial charge in [0.15, 0.2) is 0 Å². The summed E-state index contributed by atoms with van der Waals surface area (Å²) in [5.41, 5.74) is 0. The molecule has 0 aliphatic rings. The summed E-state index contributed by atoms with van der Waals surface area (Å²) in [6, 6.07) is 7.89. The molecule has 0 saturated heterocycles. The Morgan fingerprint density at radius 2 is 1.55 bits per heavy atom. The van der Waals surface area contributed by atoms with E-state index in [1.807, 2.05) is 0 Å². The Balaban J connectivity index is 0.000001000. The molecule has 0 unspecified atom stereocenters. The van der Waals surface area contributed by atoms with Crippen LogP contribution in [0.2, 0.25) is 0 Å². The predicted octanol–water partition coefficient (Wildman–Crippen LogP) is -0.314. The molecule has 0 bridgehead atoms. The number of hydrogen-bond donors (Lipinski definition) is 1. The minimum atomic E-state index is -3.50. The standard InChI is InChI=1S/C6H7NO2S.Na.H/c7-10(8,9)6-4-2-1-3-5-6;;/h1-5H,(H2,7,8,9);;. The van der Waals surface area contributed by atoms with Gasteiger partial charge in [0.05, 0.1) is 4.90 Å². The first-order chi connectivity index (χ1) is 4.61. The minimum absolute atomic E-state index is 0. The van der Waals surface area contributed by atoms with Crippen LogP contribution in [-0.2, 0) is 10.0 Å². The van der Waals surface area contributed by atoms with Crippen molar-refractivity contribution in [3.63, 3.8) is 0 Å². The van der Waals surface area contributed by atoms with E-state index in [0.29, 0.717) is 0 Å². The molecule has 0 amide bonds. The summed E-state index contributed by atoms with van der Waals surface area (Å²) in [4.78, 5) is 0.148. The van der Waals surface area contributed by atoms with Crippen molar-refractivity contribution in [2.45, 2.75) is 4.90 Å². The van der Waals surface area contributed by atoms with Crippen molar-refractivity contribution < 1.29 is 8.42 Å². The Hall–Kier alpha value is 0.130. The van der Waals surface area contributed by atoms with Crippen molar-refractivity contribution in [1.29, 1.82) is 0 Å². The van der Waals surface area contributed by atoms with Gasteiger partial charge in [0.1, 0.15) is 0 Å². The molecule has 3 nitrogen and oxygen atoms in total. The van der Waals surface area contributed by atoms with Crippen molar-refractivity contribution in [3.05, 3.63) is 30.3 Å². The number of sulfonamides is 1. The molecule has 2 N–H and O–H groups in total. The molecule has 0 atom stereocenters. The molecule has 0 radical (unpaired) electrons. The second-order valence-electron chi connectivity index (χ2n) is 1.86. The molecular formula is C6H8NNaO2S. The zero-order valence-corrected chi connectivity index (χ0v) is 6.01. The Bertz CT molecular complexity index is 309. The van der Waals surface area contributed by atoms with Crippen LogP contribution in [0, 0.1) is 0 Å². The van der Waals surface area contributed by atoms with Crippen LogP contribution in [0.3, 0.4) is 0 Å². The Labute approximate surface area is 87.9 Å². The van der Waals surface area contributed by atoms with Crippen LogP contribution >= 0.6 is 0 Å². The third-order valence-corrected chi connectivity index (χ3v) is 2.00. The van der Waals surface area contributed by atoms with Gasteiger partial charge in [0.2, 0.25) is 10.0 Å². The molecule has 11 heavy (non-hydrogen) atoms. The van der Waals surface area contributed by atoms with E-state index in [0.717, 1.165) is 0 Å². The fraction of sp³-hybridized carbons (Fsp3) is 0. The molecule has 0 aromatic heterocycles. The predicted molar refractivity (Wildman–Crippen MR) is 45.0 cm³/mol. The first-order valence-corrected chi connectivity index (χ1v) is 4.23. The summed E-state index contributed by atoms with van der Waals surface area (Å²) in [5.74, 6) is 0. The first kappa shape index (κ1) is 11.1. The fourth-order valence-corrected chi connectivity index (χ4v) is 1.15. The van der Waals surface area contributed by atoms with E-state index in [-0.39, 0.29) is 34.5 Å². The van der Waals surface area contributed by atoms with Gasteiger partial charge in [-0.3, -0.25) is 0 Å². The van der Waals surface area contributed by atoms with E-state index in [1.165, 1.54) is 12.1 Å². The molecule has 1 aromatic carbocycles. The van der Waals surface area contributed by atoms with Crippen molar-refractivity contribution in [2.24, 2.45) is 5.14 Å². The van der Waals surface area contributed by atoms with E-state index in [1.54, 1.807) is 18.2 Å². The average molecular weight is 181 g/mol. The van der Waals surface area contributed by atoms with Crippen LogP contribution in [0.5, 0.6) is 0 Å². The molecule has 5 heteroatoms. The zero-order chi connectivity index (χ0) is 7.61. The van der Waals surface area contributed by atoms with Gasteiger partial charge < -0.3 is 0 Å². The number of nitrogens with two attached hydrogens (primary N) is 1. The van der Waals surface area contributed by atoms with Crippen LogP contribution in [0.4, 0.5) is 0 Å². The second kappa shape index (κ2) is 4.23. The van der Waals surface area contributed by atoms with Crippen LogP contribution < -0.4 is 5.14 Å². The molecule has 0 aliphatic carbocycles. The normalized spacial score (nSPS) is 10.3. The van der Waals surface area contributed by atoms with Gasteiger partial charge in [-0.2, -0.15) is 0 Å². The van der Waals surface area contributed by atoms with E-state index < -0.39 is 10.0 Å². The molecule has 0 saturated carbocycles. The van der Waals surface area contributed by atoms with Gasteiger partial charge in [-0.1, -0.05) is 18.2 Å². The van der Waals surface area contributed by atoms with Gasteiger partial charge in [-0.15, -0.1) is 0 Å². The maximum absolute atomic E-state index is 10.6. The molecule has 0 fully saturated rings. The number of hydrogen-bond acceptors (Lipinski definition) is 2. The van der Waals surface area contributed by atoms with E-state index in [9.17, 15) is 8.42 Å². The summed E-state index contributed by atoms with van der Waals surface area (Å²) < 4.78 is 21.2. The van der Waals surface area contributed by atoms with Gasteiger partial charge in [0, 0.05) is 0 Å². The van der Waals surface area contributed by atoms with Crippen LogP contribution in [0.25, 0.3) is 0 Å². The summed E-state index contributed by atoms with van der Waals surface area (Å²) in [6.07, 6.45) is 0. The van der Waals surface area contributed by atoms with Crippen LogP contribution in [-0.4, -0.2) is 38.0 Å². The third-order valence-electron chi connectivity index (χ3n) is 1.07. The molecule has 56 valence electrons. The monoisotopic (exact) mass is 181 g/mol. The van der Waals surface area contributed by atoms with E-state index >= 15 is 0 Å².